The predicted molar refractivity (Wildman–Crippen MR) is 102 cm³/mol. The molecule has 0 saturated carbocycles. The molecule has 7 heteroatoms. The van der Waals surface area contributed by atoms with Gasteiger partial charge in [-0.2, -0.15) is 0 Å². The second kappa shape index (κ2) is 6.48. The number of nitrogens with one attached hydrogen (secondary N) is 2. The van der Waals surface area contributed by atoms with E-state index >= 15 is 0 Å². The largest absolute Gasteiger partial charge is 0.504 e. The molecule has 1 aromatic carbocycles. The molecule has 2 aromatic rings. The van der Waals surface area contributed by atoms with Crippen LogP contribution in [0.4, 0.5) is 5.00 Å². The van der Waals surface area contributed by atoms with Crippen molar-refractivity contribution in [2.45, 2.75) is 39.0 Å². The second-order valence-electron chi connectivity index (χ2n) is 7.00. The van der Waals surface area contributed by atoms with E-state index in [4.69, 9.17) is 4.74 Å². The molecule has 1 aromatic heterocycles. The van der Waals surface area contributed by atoms with E-state index in [1.54, 1.807) is 29.5 Å². The molecule has 6 nitrogen and oxygen atoms in total. The summed E-state index contributed by atoms with van der Waals surface area (Å²) in [5.74, 6) is 0.438. The Balaban J connectivity index is 1.65. The molecular formula is C19H23N3O3S. The number of fused-ring (bicyclic) bond motifs is 3. The van der Waals surface area contributed by atoms with Gasteiger partial charge in [-0.15, -0.1) is 11.3 Å². The molecule has 0 spiro atoms. The van der Waals surface area contributed by atoms with Gasteiger partial charge in [0.25, 0.3) is 5.91 Å². The van der Waals surface area contributed by atoms with Crippen molar-refractivity contribution >= 4 is 22.2 Å². The van der Waals surface area contributed by atoms with Gasteiger partial charge in [0.1, 0.15) is 11.2 Å². The van der Waals surface area contributed by atoms with Crippen LogP contribution in [-0.2, 0) is 13.0 Å². The monoisotopic (exact) mass is 373 g/mol. The number of hydrogen-bond acceptors (Lipinski definition) is 6. The van der Waals surface area contributed by atoms with E-state index in [0.29, 0.717) is 11.8 Å². The van der Waals surface area contributed by atoms with Gasteiger partial charge in [0.05, 0.1) is 12.7 Å². The van der Waals surface area contributed by atoms with Gasteiger partial charge < -0.3 is 20.5 Å². The summed E-state index contributed by atoms with van der Waals surface area (Å²) in [6.07, 6.45) is 0.567. The Hall–Kier alpha value is -2.25. The number of anilines is 1. The number of carbonyl (C=O) groups excluding carboxylic acids is 1. The van der Waals surface area contributed by atoms with Crippen molar-refractivity contribution in [2.75, 3.05) is 19.0 Å². The summed E-state index contributed by atoms with van der Waals surface area (Å²) in [7, 11) is 1.51. The molecule has 0 aliphatic carbocycles. The fourth-order valence-corrected chi connectivity index (χ4v) is 4.92. The van der Waals surface area contributed by atoms with E-state index in [9.17, 15) is 9.90 Å². The molecule has 2 aliphatic rings. The zero-order valence-electron chi connectivity index (χ0n) is 15.1. The average molecular weight is 373 g/mol. The van der Waals surface area contributed by atoms with Crippen LogP contribution in [0.3, 0.4) is 0 Å². The maximum absolute atomic E-state index is 12.8. The summed E-state index contributed by atoms with van der Waals surface area (Å²) in [5, 5.41) is 17.2. The fourth-order valence-electron chi connectivity index (χ4n) is 3.62. The Bertz CT molecular complexity index is 862. The van der Waals surface area contributed by atoms with Gasteiger partial charge in [-0.05, 0) is 43.5 Å². The van der Waals surface area contributed by atoms with Crippen molar-refractivity contribution in [3.8, 4) is 11.5 Å². The van der Waals surface area contributed by atoms with Crippen LogP contribution in [-0.4, -0.2) is 35.6 Å². The van der Waals surface area contributed by atoms with E-state index in [0.717, 1.165) is 35.6 Å². The summed E-state index contributed by atoms with van der Waals surface area (Å²) in [4.78, 5) is 16.5. The lowest BCUT2D eigenvalue weighted by Crippen LogP contribution is -2.39. The summed E-state index contributed by atoms with van der Waals surface area (Å²) in [5.41, 5.74) is 2.83. The third-order valence-electron chi connectivity index (χ3n) is 5.13. The summed E-state index contributed by atoms with van der Waals surface area (Å²) >= 11 is 1.68. The lowest BCUT2D eigenvalue weighted by Gasteiger charge is -2.31. The molecule has 1 atom stereocenters. The Morgan fingerprint density at radius 3 is 2.88 bits per heavy atom. The summed E-state index contributed by atoms with van der Waals surface area (Å²) in [6.45, 7) is 6.30. The highest BCUT2D eigenvalue weighted by Crippen LogP contribution is 2.41. The number of carbonyl (C=O) groups is 1. The van der Waals surface area contributed by atoms with Gasteiger partial charge in [-0.25, -0.2) is 0 Å². The van der Waals surface area contributed by atoms with Crippen molar-refractivity contribution in [2.24, 2.45) is 0 Å². The van der Waals surface area contributed by atoms with Gasteiger partial charge in [0.15, 0.2) is 11.5 Å². The van der Waals surface area contributed by atoms with E-state index in [-0.39, 0.29) is 17.8 Å². The quantitative estimate of drug-likeness (QED) is 0.771. The topological polar surface area (TPSA) is 73.8 Å². The molecule has 0 radical (unpaired) electrons. The minimum atomic E-state index is -0.342. The van der Waals surface area contributed by atoms with Gasteiger partial charge in [-0.3, -0.25) is 9.69 Å². The molecule has 1 amide bonds. The first-order valence-electron chi connectivity index (χ1n) is 8.80. The van der Waals surface area contributed by atoms with Gasteiger partial charge in [0, 0.05) is 24.0 Å². The van der Waals surface area contributed by atoms with Crippen molar-refractivity contribution < 1.29 is 14.6 Å². The molecule has 1 unspecified atom stereocenters. The number of phenols is 1. The highest BCUT2D eigenvalue weighted by Gasteiger charge is 2.33. The Morgan fingerprint density at radius 2 is 2.15 bits per heavy atom. The number of ether oxygens (including phenoxy) is 1. The molecule has 26 heavy (non-hydrogen) atoms. The fraction of sp³-hybridized carbons (Fsp3) is 0.421. The predicted octanol–water partition coefficient (Wildman–Crippen LogP) is 3.08. The number of amides is 1. The molecule has 4 rings (SSSR count). The minimum absolute atomic E-state index is 0.0358. The van der Waals surface area contributed by atoms with Crippen LogP contribution in [0.25, 0.3) is 0 Å². The third kappa shape index (κ3) is 2.81. The second-order valence-corrected chi connectivity index (χ2v) is 8.11. The number of aromatic hydroxyl groups is 1. The van der Waals surface area contributed by atoms with Gasteiger partial charge in [-0.1, -0.05) is 6.07 Å². The number of thiophene rings is 1. The standard InChI is InChI=1S/C19H23N3O3S/c1-10(2)22-7-6-12-15(9-22)26-19-16(12)18(24)20-17(21-19)11-4-5-13(23)14(8-11)25-3/h4-5,8,10,17,21,23H,6-7,9H2,1-3H3,(H,20,24). The molecule has 2 aliphatic heterocycles. The van der Waals surface area contributed by atoms with E-state index in [1.165, 1.54) is 17.6 Å². The van der Waals surface area contributed by atoms with Crippen LogP contribution in [0.1, 0.15) is 46.4 Å². The molecule has 0 fully saturated rings. The molecule has 3 heterocycles. The zero-order chi connectivity index (χ0) is 18.4. The van der Waals surface area contributed by atoms with Gasteiger partial charge in [0.2, 0.25) is 0 Å². The van der Waals surface area contributed by atoms with Crippen molar-refractivity contribution in [3.63, 3.8) is 0 Å². The number of hydrogen-bond donors (Lipinski definition) is 3. The Labute approximate surface area is 156 Å². The van der Waals surface area contributed by atoms with Crippen molar-refractivity contribution in [1.29, 1.82) is 0 Å². The molecular weight excluding hydrogens is 350 g/mol. The lowest BCUT2D eigenvalue weighted by atomic mass is 9.99. The maximum atomic E-state index is 12.8. The molecule has 138 valence electrons. The first-order valence-corrected chi connectivity index (χ1v) is 9.62. The highest BCUT2D eigenvalue weighted by molar-refractivity contribution is 7.16. The highest BCUT2D eigenvalue weighted by atomic mass is 32.1. The minimum Gasteiger partial charge on any atom is -0.504 e. The van der Waals surface area contributed by atoms with Crippen LogP contribution in [0.5, 0.6) is 11.5 Å². The SMILES string of the molecule is COc1cc(C2NC(=O)c3c(sc4c3CCN(C(C)C)C4)N2)ccc1O. The van der Waals surface area contributed by atoms with Crippen LogP contribution in [0, 0.1) is 0 Å². The van der Waals surface area contributed by atoms with E-state index < -0.39 is 0 Å². The Morgan fingerprint density at radius 1 is 1.35 bits per heavy atom. The normalized spacial score (nSPS) is 19.5. The molecule has 3 N–H and O–H groups in total. The number of phenolic OH excluding ortho intramolecular Hbond substituents is 1. The maximum Gasteiger partial charge on any atom is 0.256 e. The average Bonchev–Trinajstić information content (AvgIpc) is 2.99. The number of benzene rings is 1. The van der Waals surface area contributed by atoms with Crippen LogP contribution < -0.4 is 15.4 Å². The van der Waals surface area contributed by atoms with Crippen LogP contribution in [0.2, 0.25) is 0 Å². The Kier molecular flexibility index (Phi) is 4.28. The van der Waals surface area contributed by atoms with Crippen LogP contribution in [0.15, 0.2) is 18.2 Å². The molecule has 0 bridgehead atoms. The van der Waals surface area contributed by atoms with Gasteiger partial charge >= 0.3 is 0 Å². The summed E-state index contributed by atoms with van der Waals surface area (Å²) in [6, 6.07) is 5.61. The number of nitrogens with zero attached hydrogens (tertiary/aromatic N) is 1. The van der Waals surface area contributed by atoms with Crippen molar-refractivity contribution in [3.05, 3.63) is 39.8 Å². The van der Waals surface area contributed by atoms with Crippen molar-refractivity contribution in [1.82, 2.24) is 10.2 Å². The van der Waals surface area contributed by atoms with E-state index in [2.05, 4.69) is 29.4 Å². The summed E-state index contributed by atoms with van der Waals surface area (Å²) < 4.78 is 5.18. The zero-order valence-corrected chi connectivity index (χ0v) is 15.9. The number of methoxy groups -OCH3 is 1. The first kappa shape index (κ1) is 17.2. The smallest absolute Gasteiger partial charge is 0.256 e. The lowest BCUT2D eigenvalue weighted by molar-refractivity contribution is 0.0934. The first-order chi connectivity index (χ1) is 12.5. The molecule has 0 saturated heterocycles. The number of rotatable bonds is 3. The van der Waals surface area contributed by atoms with Crippen LogP contribution >= 0.6 is 11.3 Å². The van der Waals surface area contributed by atoms with E-state index in [1.807, 2.05) is 0 Å². The third-order valence-corrected chi connectivity index (χ3v) is 6.28.